The smallest absolute Gasteiger partial charge is 0.265 e. The summed E-state index contributed by atoms with van der Waals surface area (Å²) in [7, 11) is 1.66. The third kappa shape index (κ3) is 5.97. The molecule has 0 atom stereocenters. The minimum absolute atomic E-state index is 0.127. The van der Waals surface area contributed by atoms with Gasteiger partial charge >= 0.3 is 0 Å². The highest BCUT2D eigenvalue weighted by atomic mass is 35.5. The molecule has 2 aromatic carbocycles. The second kappa shape index (κ2) is 11.1. The van der Waals surface area contributed by atoms with Crippen LogP contribution < -0.4 is 14.2 Å². The molecule has 0 radical (unpaired) electrons. The highest BCUT2D eigenvalue weighted by Crippen LogP contribution is 2.39. The predicted octanol–water partition coefficient (Wildman–Crippen LogP) is 6.03. The summed E-state index contributed by atoms with van der Waals surface area (Å²) in [5, 5.41) is 0.421. The Balaban J connectivity index is 1.64. The third-order valence-corrected chi connectivity index (χ3v) is 6.66. The van der Waals surface area contributed by atoms with E-state index in [0.717, 1.165) is 11.3 Å². The number of ether oxygens (including phenoxy) is 3. The first kappa shape index (κ1) is 24.4. The molecule has 1 fully saturated rings. The summed E-state index contributed by atoms with van der Waals surface area (Å²) in [6, 6.07) is 9.63. The second-order valence-corrected chi connectivity index (χ2v) is 9.38. The maximum Gasteiger partial charge on any atom is 0.265 e. The van der Waals surface area contributed by atoms with Crippen molar-refractivity contribution in [1.82, 2.24) is 4.90 Å². The second-order valence-electron chi connectivity index (χ2n) is 7.30. The summed E-state index contributed by atoms with van der Waals surface area (Å²) < 4.78 is 18.0. The van der Waals surface area contributed by atoms with Gasteiger partial charge in [0, 0.05) is 13.5 Å². The zero-order chi connectivity index (χ0) is 23.3. The molecule has 0 bridgehead atoms. The van der Waals surface area contributed by atoms with Crippen molar-refractivity contribution in [3.05, 3.63) is 56.9 Å². The first-order valence-corrected chi connectivity index (χ1v) is 11.9. The lowest BCUT2D eigenvalue weighted by Gasteiger charge is -2.15. The lowest BCUT2D eigenvalue weighted by atomic mass is 10.1. The highest BCUT2D eigenvalue weighted by molar-refractivity contribution is 8.26. The van der Waals surface area contributed by atoms with Gasteiger partial charge in [0.15, 0.2) is 11.5 Å². The largest absolute Gasteiger partial charge is 0.493 e. The molecular formula is C24H26ClNO4S2. The fraction of sp³-hybridized carbons (Fsp3) is 0.333. The highest BCUT2D eigenvalue weighted by Gasteiger charge is 2.28. The number of amides is 1. The molecule has 32 heavy (non-hydrogen) atoms. The summed E-state index contributed by atoms with van der Waals surface area (Å²) in [6.07, 6.45) is 2.45. The van der Waals surface area contributed by atoms with Gasteiger partial charge in [0.05, 0.1) is 29.7 Å². The van der Waals surface area contributed by atoms with Gasteiger partial charge in [-0.1, -0.05) is 41.6 Å². The molecule has 1 amide bonds. The Morgan fingerprint density at radius 1 is 1.09 bits per heavy atom. The SMILES string of the molecule is CCOc1cc(C=C2SC(=S)N(C)C2=O)cc(Cl)c1OCCCOc1ccc(C)c(C)c1. The number of thioether (sulfide) groups is 1. The third-order valence-electron chi connectivity index (χ3n) is 4.90. The molecular weight excluding hydrogens is 466 g/mol. The normalized spacial score (nSPS) is 14.9. The van der Waals surface area contributed by atoms with E-state index in [1.54, 1.807) is 19.2 Å². The van der Waals surface area contributed by atoms with Crippen LogP contribution in [0.25, 0.3) is 6.08 Å². The first-order chi connectivity index (χ1) is 15.3. The Kier molecular flexibility index (Phi) is 8.45. The average molecular weight is 492 g/mol. The summed E-state index contributed by atoms with van der Waals surface area (Å²) >= 11 is 12.9. The number of nitrogens with zero attached hydrogens (tertiary/aromatic N) is 1. The number of hydrogen-bond donors (Lipinski definition) is 0. The molecule has 1 heterocycles. The number of carbonyl (C=O) groups is 1. The van der Waals surface area contributed by atoms with E-state index in [1.165, 1.54) is 27.8 Å². The van der Waals surface area contributed by atoms with Crippen LogP contribution in [-0.4, -0.2) is 42.0 Å². The number of rotatable bonds is 9. The first-order valence-electron chi connectivity index (χ1n) is 10.3. The number of aryl methyl sites for hydroxylation is 2. The summed E-state index contributed by atoms with van der Waals surface area (Å²) in [4.78, 5) is 14.3. The van der Waals surface area contributed by atoms with Gasteiger partial charge < -0.3 is 14.2 Å². The molecule has 0 saturated carbocycles. The van der Waals surface area contributed by atoms with Gasteiger partial charge in [0.2, 0.25) is 0 Å². The van der Waals surface area contributed by atoms with Crippen LogP contribution in [-0.2, 0) is 4.79 Å². The molecule has 1 saturated heterocycles. The quantitative estimate of drug-likeness (QED) is 0.242. The zero-order valence-corrected chi connectivity index (χ0v) is 21.0. The Morgan fingerprint density at radius 3 is 2.50 bits per heavy atom. The van der Waals surface area contributed by atoms with Crippen molar-refractivity contribution in [2.24, 2.45) is 0 Å². The summed E-state index contributed by atoms with van der Waals surface area (Å²) in [5.41, 5.74) is 3.19. The van der Waals surface area contributed by atoms with Gasteiger partial charge in [-0.2, -0.15) is 0 Å². The predicted molar refractivity (Wildman–Crippen MR) is 135 cm³/mol. The average Bonchev–Trinajstić information content (AvgIpc) is 2.98. The summed E-state index contributed by atoms with van der Waals surface area (Å²) in [6.45, 7) is 7.45. The van der Waals surface area contributed by atoms with Gasteiger partial charge in [-0.25, -0.2) is 0 Å². The molecule has 0 spiro atoms. The molecule has 0 aromatic heterocycles. The van der Waals surface area contributed by atoms with Crippen molar-refractivity contribution in [3.8, 4) is 17.2 Å². The molecule has 0 unspecified atom stereocenters. The number of likely N-dealkylation sites (N-methyl/N-ethyl adjacent to an activating group) is 1. The summed E-state index contributed by atoms with van der Waals surface area (Å²) in [5.74, 6) is 1.74. The van der Waals surface area contributed by atoms with Crippen LogP contribution in [0.3, 0.4) is 0 Å². The van der Waals surface area contributed by atoms with Crippen LogP contribution in [0.5, 0.6) is 17.2 Å². The van der Waals surface area contributed by atoms with E-state index < -0.39 is 0 Å². The van der Waals surface area contributed by atoms with Crippen LogP contribution in [0.4, 0.5) is 0 Å². The Labute approximate surface area is 203 Å². The van der Waals surface area contributed by atoms with Crippen molar-refractivity contribution < 1.29 is 19.0 Å². The lowest BCUT2D eigenvalue weighted by Crippen LogP contribution is -2.22. The van der Waals surface area contributed by atoms with E-state index in [2.05, 4.69) is 19.9 Å². The Morgan fingerprint density at radius 2 is 1.84 bits per heavy atom. The molecule has 0 aliphatic carbocycles. The van der Waals surface area contributed by atoms with Crippen molar-refractivity contribution in [3.63, 3.8) is 0 Å². The fourth-order valence-corrected chi connectivity index (χ4v) is 4.45. The molecule has 1 aliphatic rings. The molecule has 1 aliphatic heterocycles. The van der Waals surface area contributed by atoms with Crippen LogP contribution in [0.15, 0.2) is 35.2 Å². The number of benzene rings is 2. The number of thiocarbonyl (C=S) groups is 1. The van der Waals surface area contributed by atoms with Gasteiger partial charge in [-0.15, -0.1) is 0 Å². The van der Waals surface area contributed by atoms with E-state index >= 15 is 0 Å². The fourth-order valence-electron chi connectivity index (χ4n) is 3.00. The molecule has 2 aromatic rings. The van der Waals surface area contributed by atoms with E-state index in [1.807, 2.05) is 25.1 Å². The number of hydrogen-bond acceptors (Lipinski definition) is 6. The van der Waals surface area contributed by atoms with Crippen molar-refractivity contribution in [2.75, 3.05) is 26.9 Å². The minimum Gasteiger partial charge on any atom is -0.493 e. The van der Waals surface area contributed by atoms with Crippen LogP contribution in [0.1, 0.15) is 30.0 Å². The number of halogens is 1. The molecule has 0 N–H and O–H groups in total. The minimum atomic E-state index is -0.127. The topological polar surface area (TPSA) is 48.0 Å². The molecule has 5 nitrogen and oxygen atoms in total. The molecule has 170 valence electrons. The van der Waals surface area contributed by atoms with E-state index in [0.29, 0.717) is 52.0 Å². The van der Waals surface area contributed by atoms with E-state index in [-0.39, 0.29) is 5.91 Å². The maximum absolute atomic E-state index is 12.3. The van der Waals surface area contributed by atoms with Gasteiger partial charge in [-0.3, -0.25) is 9.69 Å². The Bertz CT molecular complexity index is 1050. The van der Waals surface area contributed by atoms with Crippen LogP contribution in [0, 0.1) is 13.8 Å². The Hall–Kier alpha value is -2.22. The van der Waals surface area contributed by atoms with E-state index in [4.69, 9.17) is 38.0 Å². The van der Waals surface area contributed by atoms with Crippen LogP contribution >= 0.6 is 35.6 Å². The van der Waals surface area contributed by atoms with Crippen molar-refractivity contribution in [2.45, 2.75) is 27.2 Å². The maximum atomic E-state index is 12.3. The lowest BCUT2D eigenvalue weighted by molar-refractivity contribution is -0.121. The molecule has 3 rings (SSSR count). The van der Waals surface area contributed by atoms with Crippen molar-refractivity contribution >= 4 is 51.9 Å². The standard InChI is InChI=1S/C24H26ClNO4S2/c1-5-28-20-13-17(14-21-23(27)26(4)24(31)32-21)12-19(25)22(20)30-10-6-9-29-18-8-7-15(2)16(3)11-18/h7-8,11-14H,5-6,9-10H2,1-4H3. The number of carbonyl (C=O) groups excluding carboxylic acids is 1. The van der Waals surface area contributed by atoms with Crippen molar-refractivity contribution in [1.29, 1.82) is 0 Å². The van der Waals surface area contributed by atoms with Gasteiger partial charge in [0.1, 0.15) is 10.1 Å². The van der Waals surface area contributed by atoms with Crippen LogP contribution in [0.2, 0.25) is 5.02 Å². The monoisotopic (exact) mass is 491 g/mol. The van der Waals surface area contributed by atoms with Gasteiger partial charge in [0.25, 0.3) is 5.91 Å². The zero-order valence-electron chi connectivity index (χ0n) is 18.6. The van der Waals surface area contributed by atoms with E-state index in [9.17, 15) is 4.79 Å². The van der Waals surface area contributed by atoms with Gasteiger partial charge in [-0.05, 0) is 67.8 Å². The molecule has 8 heteroatoms.